The zero-order chi connectivity index (χ0) is 12.3. The van der Waals surface area contributed by atoms with Crippen LogP contribution in [0.1, 0.15) is 39.0 Å². The highest BCUT2D eigenvalue weighted by atomic mass is 79.9. The van der Waals surface area contributed by atoms with Crippen molar-refractivity contribution >= 4 is 27.7 Å². The molecule has 17 heavy (non-hydrogen) atoms. The highest BCUT2D eigenvalue weighted by Crippen LogP contribution is 2.31. The van der Waals surface area contributed by atoms with Gasteiger partial charge in [0.1, 0.15) is 5.82 Å². The van der Waals surface area contributed by atoms with Crippen LogP contribution in [0, 0.1) is 0 Å². The fourth-order valence-electron chi connectivity index (χ4n) is 2.49. The van der Waals surface area contributed by atoms with Crippen LogP contribution in [0.25, 0.3) is 0 Å². The van der Waals surface area contributed by atoms with Gasteiger partial charge in [-0.05, 0) is 41.6 Å². The van der Waals surface area contributed by atoms with E-state index < -0.39 is 0 Å². The zero-order valence-corrected chi connectivity index (χ0v) is 11.8. The summed E-state index contributed by atoms with van der Waals surface area (Å²) in [5, 5.41) is 0. The van der Waals surface area contributed by atoms with Gasteiger partial charge in [0.15, 0.2) is 0 Å². The van der Waals surface area contributed by atoms with E-state index >= 15 is 0 Å². The van der Waals surface area contributed by atoms with Gasteiger partial charge in [-0.1, -0.05) is 13.3 Å². The number of aromatic nitrogens is 2. The fraction of sp³-hybridized carbons (Fsp3) is 0.667. The topological polar surface area (TPSA) is 55.0 Å². The predicted octanol–water partition coefficient (Wildman–Crippen LogP) is 2.98. The summed E-state index contributed by atoms with van der Waals surface area (Å²) in [5.41, 5.74) is 5.68. The van der Waals surface area contributed by atoms with Crippen LogP contribution in [-0.4, -0.2) is 22.6 Å². The van der Waals surface area contributed by atoms with Gasteiger partial charge in [-0.2, -0.15) is 4.98 Å². The van der Waals surface area contributed by atoms with Gasteiger partial charge < -0.3 is 10.6 Å². The molecule has 0 aliphatic carbocycles. The molecule has 1 atom stereocenters. The minimum Gasteiger partial charge on any atom is -0.368 e. The zero-order valence-electron chi connectivity index (χ0n) is 10.2. The molecule has 0 spiro atoms. The van der Waals surface area contributed by atoms with Crippen LogP contribution >= 0.6 is 15.9 Å². The smallest absolute Gasteiger partial charge is 0.222 e. The third-order valence-corrected chi connectivity index (χ3v) is 3.82. The van der Waals surface area contributed by atoms with Crippen molar-refractivity contribution in [3.05, 3.63) is 10.7 Å². The Morgan fingerprint density at radius 2 is 2.35 bits per heavy atom. The molecule has 0 bridgehead atoms. The molecule has 5 heteroatoms. The lowest BCUT2D eigenvalue weighted by molar-refractivity contribution is 0.431. The van der Waals surface area contributed by atoms with Gasteiger partial charge in [0.05, 0.1) is 4.47 Å². The number of piperidine rings is 1. The maximum Gasteiger partial charge on any atom is 0.222 e. The molecule has 1 unspecified atom stereocenters. The van der Waals surface area contributed by atoms with E-state index in [0.717, 1.165) is 16.8 Å². The SMILES string of the molecule is CCCC1CCCCN1c1nc(N)ncc1Br. The number of nitrogens with two attached hydrogens (primary N) is 1. The number of hydrogen-bond acceptors (Lipinski definition) is 4. The summed E-state index contributed by atoms with van der Waals surface area (Å²) in [4.78, 5) is 10.8. The first-order valence-corrected chi connectivity index (χ1v) is 7.06. The first kappa shape index (κ1) is 12.6. The molecule has 1 aliphatic heterocycles. The molecule has 2 N–H and O–H groups in total. The number of anilines is 2. The quantitative estimate of drug-likeness (QED) is 0.932. The second-order valence-corrected chi connectivity index (χ2v) is 5.39. The number of halogens is 1. The third-order valence-electron chi connectivity index (χ3n) is 3.27. The molecule has 0 amide bonds. The van der Waals surface area contributed by atoms with Crippen LogP contribution < -0.4 is 10.6 Å². The standard InChI is InChI=1S/C12H19BrN4/c1-2-5-9-6-3-4-7-17(9)11-10(13)8-15-12(14)16-11/h8-9H,2-7H2,1H3,(H2,14,15,16). The Labute approximate surface area is 111 Å². The molecule has 2 rings (SSSR count). The lowest BCUT2D eigenvalue weighted by atomic mass is 9.98. The number of nitrogen functional groups attached to an aromatic ring is 1. The molecule has 1 aliphatic rings. The predicted molar refractivity (Wildman–Crippen MR) is 74.0 cm³/mol. The Morgan fingerprint density at radius 3 is 3.12 bits per heavy atom. The van der Waals surface area contributed by atoms with E-state index in [9.17, 15) is 0 Å². The van der Waals surface area contributed by atoms with Crippen LogP contribution in [0.4, 0.5) is 11.8 Å². The van der Waals surface area contributed by atoms with E-state index in [1.165, 1.54) is 32.1 Å². The molecule has 0 radical (unpaired) electrons. The average molecular weight is 299 g/mol. The lowest BCUT2D eigenvalue weighted by Crippen LogP contribution is -2.40. The average Bonchev–Trinajstić information content (AvgIpc) is 2.34. The molecule has 94 valence electrons. The fourth-order valence-corrected chi connectivity index (χ4v) is 2.90. The minimum atomic E-state index is 0.351. The van der Waals surface area contributed by atoms with E-state index in [4.69, 9.17) is 5.73 Å². The summed E-state index contributed by atoms with van der Waals surface area (Å²) in [7, 11) is 0. The van der Waals surface area contributed by atoms with Crippen molar-refractivity contribution in [2.75, 3.05) is 17.2 Å². The van der Waals surface area contributed by atoms with E-state index in [-0.39, 0.29) is 0 Å². The van der Waals surface area contributed by atoms with Gasteiger partial charge in [-0.15, -0.1) is 0 Å². The Bertz CT molecular complexity index is 381. The summed E-state index contributed by atoms with van der Waals surface area (Å²) in [6.07, 6.45) is 7.98. The number of rotatable bonds is 3. The summed E-state index contributed by atoms with van der Waals surface area (Å²) in [6, 6.07) is 0.597. The van der Waals surface area contributed by atoms with Gasteiger partial charge in [-0.25, -0.2) is 4.98 Å². The van der Waals surface area contributed by atoms with Gasteiger partial charge in [0, 0.05) is 18.8 Å². The van der Waals surface area contributed by atoms with Gasteiger partial charge in [0.2, 0.25) is 5.95 Å². The molecule has 4 nitrogen and oxygen atoms in total. The van der Waals surface area contributed by atoms with Crippen LogP contribution in [0.3, 0.4) is 0 Å². The molecule has 2 heterocycles. The molecule has 1 saturated heterocycles. The molecule has 0 saturated carbocycles. The van der Waals surface area contributed by atoms with Gasteiger partial charge in [0.25, 0.3) is 0 Å². The molecule has 1 fully saturated rings. The molecule has 0 aromatic carbocycles. The Kier molecular flexibility index (Phi) is 4.20. The Hall–Kier alpha value is -0.840. The van der Waals surface area contributed by atoms with Crippen LogP contribution in [0.5, 0.6) is 0 Å². The third kappa shape index (κ3) is 2.89. The van der Waals surface area contributed by atoms with Crippen molar-refractivity contribution in [3.63, 3.8) is 0 Å². The molecular weight excluding hydrogens is 280 g/mol. The first-order chi connectivity index (χ1) is 8.22. The summed E-state index contributed by atoms with van der Waals surface area (Å²) < 4.78 is 0.940. The molecule has 1 aromatic heterocycles. The summed E-state index contributed by atoms with van der Waals surface area (Å²) in [6.45, 7) is 3.30. The maximum atomic E-state index is 5.68. The Balaban J connectivity index is 2.25. The lowest BCUT2D eigenvalue weighted by Gasteiger charge is -2.37. The van der Waals surface area contributed by atoms with Crippen molar-refractivity contribution in [2.45, 2.75) is 45.1 Å². The number of hydrogen-bond donors (Lipinski definition) is 1. The van der Waals surface area contributed by atoms with E-state index in [1.807, 2.05) is 0 Å². The van der Waals surface area contributed by atoms with Crippen molar-refractivity contribution < 1.29 is 0 Å². The van der Waals surface area contributed by atoms with Gasteiger partial charge >= 0.3 is 0 Å². The molecular formula is C12H19BrN4. The van der Waals surface area contributed by atoms with Crippen molar-refractivity contribution in [2.24, 2.45) is 0 Å². The van der Waals surface area contributed by atoms with E-state index in [2.05, 4.69) is 37.7 Å². The largest absolute Gasteiger partial charge is 0.368 e. The molecule has 1 aromatic rings. The Morgan fingerprint density at radius 1 is 1.53 bits per heavy atom. The van der Waals surface area contributed by atoms with Crippen molar-refractivity contribution in [3.8, 4) is 0 Å². The van der Waals surface area contributed by atoms with E-state index in [1.54, 1.807) is 6.20 Å². The van der Waals surface area contributed by atoms with Crippen LogP contribution in [0.15, 0.2) is 10.7 Å². The van der Waals surface area contributed by atoms with Crippen LogP contribution in [0.2, 0.25) is 0 Å². The number of nitrogens with zero attached hydrogens (tertiary/aromatic N) is 3. The minimum absolute atomic E-state index is 0.351. The monoisotopic (exact) mass is 298 g/mol. The van der Waals surface area contributed by atoms with Crippen LogP contribution in [-0.2, 0) is 0 Å². The van der Waals surface area contributed by atoms with Crippen molar-refractivity contribution in [1.29, 1.82) is 0 Å². The van der Waals surface area contributed by atoms with E-state index in [0.29, 0.717) is 12.0 Å². The van der Waals surface area contributed by atoms with Gasteiger partial charge in [-0.3, -0.25) is 0 Å². The maximum absolute atomic E-state index is 5.68. The normalized spacial score (nSPS) is 20.6. The summed E-state index contributed by atoms with van der Waals surface area (Å²) in [5.74, 6) is 1.31. The highest BCUT2D eigenvalue weighted by Gasteiger charge is 2.24. The second-order valence-electron chi connectivity index (χ2n) is 4.53. The van der Waals surface area contributed by atoms with Crippen molar-refractivity contribution in [1.82, 2.24) is 9.97 Å². The highest BCUT2D eigenvalue weighted by molar-refractivity contribution is 9.10. The summed E-state index contributed by atoms with van der Waals surface area (Å²) >= 11 is 3.52. The second kappa shape index (κ2) is 5.67. The first-order valence-electron chi connectivity index (χ1n) is 6.27.